The summed E-state index contributed by atoms with van der Waals surface area (Å²) in [5.41, 5.74) is 0.839. The van der Waals surface area contributed by atoms with Gasteiger partial charge in [0.15, 0.2) is 5.82 Å². The Bertz CT molecular complexity index is 1080. The van der Waals surface area contributed by atoms with Crippen LogP contribution in [-0.4, -0.2) is 60.9 Å². The van der Waals surface area contributed by atoms with Gasteiger partial charge in [0.25, 0.3) is 0 Å². The average Bonchev–Trinajstić information content (AvgIpc) is 3.35. The van der Waals surface area contributed by atoms with Gasteiger partial charge in [0, 0.05) is 25.5 Å². The summed E-state index contributed by atoms with van der Waals surface area (Å²) in [5.74, 6) is -0.896. The molecule has 3 aromatic heterocycles. The van der Waals surface area contributed by atoms with E-state index >= 15 is 0 Å². The molecule has 11 heteroatoms. The highest BCUT2D eigenvalue weighted by atomic mass is 19.1. The molecule has 1 aliphatic rings. The Hall–Kier alpha value is -3.50. The molecule has 0 aliphatic carbocycles. The fourth-order valence-electron chi connectivity index (χ4n) is 3.31. The van der Waals surface area contributed by atoms with Crippen LogP contribution in [0.1, 0.15) is 13.3 Å². The van der Waals surface area contributed by atoms with Crippen LogP contribution in [0, 0.1) is 5.82 Å². The first-order valence-electron chi connectivity index (χ1n) is 9.54. The predicted octanol–water partition coefficient (Wildman–Crippen LogP) is 2.56. The lowest BCUT2D eigenvalue weighted by Gasteiger charge is -2.34. The number of likely N-dealkylation sites (tertiary alicyclic amines) is 1. The second-order valence-electron chi connectivity index (χ2n) is 6.87. The maximum absolute atomic E-state index is 14.5. The minimum atomic E-state index is -1.33. The number of hydrogen-bond acceptors (Lipinski definition) is 6. The van der Waals surface area contributed by atoms with Crippen LogP contribution in [0.2, 0.25) is 0 Å². The average molecular weight is 417 g/mol. The minimum Gasteiger partial charge on any atom is -0.469 e. The highest BCUT2D eigenvalue weighted by Gasteiger charge is 2.33. The molecule has 30 heavy (non-hydrogen) atoms. The van der Waals surface area contributed by atoms with Crippen LogP contribution in [0.3, 0.4) is 0 Å². The van der Waals surface area contributed by atoms with Gasteiger partial charge in [0.05, 0.1) is 18.4 Å². The number of aromatic nitrogens is 5. The highest BCUT2D eigenvalue weighted by molar-refractivity contribution is 5.87. The molecule has 1 saturated heterocycles. The molecular weight excluding hydrogens is 396 g/mol. The number of rotatable bonds is 6. The predicted molar refractivity (Wildman–Crippen MR) is 106 cm³/mol. The maximum Gasteiger partial charge on any atom is 0.246 e. The van der Waals surface area contributed by atoms with Gasteiger partial charge in [-0.1, -0.05) is 6.58 Å². The fourth-order valence-corrected chi connectivity index (χ4v) is 3.31. The van der Waals surface area contributed by atoms with Gasteiger partial charge in [-0.25, -0.2) is 8.78 Å². The van der Waals surface area contributed by atoms with Crippen LogP contribution >= 0.6 is 0 Å². The van der Waals surface area contributed by atoms with Crippen molar-refractivity contribution in [2.24, 2.45) is 0 Å². The Balaban J connectivity index is 1.64. The van der Waals surface area contributed by atoms with Crippen molar-refractivity contribution >= 4 is 28.6 Å². The van der Waals surface area contributed by atoms with E-state index < -0.39 is 18.1 Å². The molecule has 4 rings (SSSR count). The second-order valence-corrected chi connectivity index (χ2v) is 6.87. The van der Waals surface area contributed by atoms with E-state index in [0.717, 1.165) is 6.20 Å². The number of nitrogens with zero attached hydrogens (tertiary/aromatic N) is 5. The van der Waals surface area contributed by atoms with E-state index in [-0.39, 0.29) is 48.3 Å². The number of H-pyrrole nitrogens is 1. The zero-order chi connectivity index (χ0) is 21.3. The Morgan fingerprint density at radius 1 is 1.50 bits per heavy atom. The number of aryl methyl sites for hydroxylation is 1. The summed E-state index contributed by atoms with van der Waals surface area (Å²) < 4.78 is 36.3. The number of hydrogen-bond donors (Lipinski definition) is 2. The summed E-state index contributed by atoms with van der Waals surface area (Å²) in [7, 11) is 0. The van der Waals surface area contributed by atoms with Gasteiger partial charge in [0.1, 0.15) is 23.3 Å². The zero-order valence-corrected chi connectivity index (χ0v) is 16.3. The number of aromatic amines is 1. The van der Waals surface area contributed by atoms with Crippen molar-refractivity contribution in [2.45, 2.75) is 32.2 Å². The molecule has 1 amide bonds. The molecule has 0 saturated carbocycles. The normalized spacial score (nSPS) is 19.1. The number of carbonyl (C=O) groups is 1. The first-order valence-corrected chi connectivity index (χ1v) is 9.54. The van der Waals surface area contributed by atoms with Gasteiger partial charge in [0.2, 0.25) is 17.7 Å². The van der Waals surface area contributed by atoms with E-state index in [0.29, 0.717) is 12.2 Å². The number of anilines is 2. The van der Waals surface area contributed by atoms with Crippen molar-refractivity contribution in [3.05, 3.63) is 37.1 Å². The van der Waals surface area contributed by atoms with Crippen molar-refractivity contribution in [3.63, 3.8) is 0 Å². The standard InChI is InChI=1S/C19H21F2N7O2/c1-3-15(29)27-6-5-12(20)14(10-27)30-18-16-13(21)8-22-17(16)25-19(26-18)24-11-7-23-28(4-2)9-11/h3,7-9,12,14H,1,4-6,10H2,2H3,(H2,22,24,25,26)/t12-,14+/m1/s1. The smallest absolute Gasteiger partial charge is 0.246 e. The Labute approximate surface area is 170 Å². The van der Waals surface area contributed by atoms with E-state index in [2.05, 4.69) is 31.9 Å². The van der Waals surface area contributed by atoms with Crippen LogP contribution < -0.4 is 10.1 Å². The van der Waals surface area contributed by atoms with Crippen LogP contribution in [-0.2, 0) is 11.3 Å². The van der Waals surface area contributed by atoms with E-state index in [9.17, 15) is 13.6 Å². The summed E-state index contributed by atoms with van der Waals surface area (Å²) in [4.78, 5) is 24.6. The fraction of sp³-hybridized carbons (Fsp3) is 0.368. The quantitative estimate of drug-likeness (QED) is 0.598. The first-order chi connectivity index (χ1) is 14.5. The highest BCUT2D eigenvalue weighted by Crippen LogP contribution is 2.30. The maximum atomic E-state index is 14.5. The van der Waals surface area contributed by atoms with E-state index in [1.165, 1.54) is 11.0 Å². The number of amides is 1. The molecule has 2 N–H and O–H groups in total. The summed E-state index contributed by atoms with van der Waals surface area (Å²) in [6.45, 7) is 6.37. The largest absolute Gasteiger partial charge is 0.469 e. The third-order valence-electron chi connectivity index (χ3n) is 4.89. The molecule has 158 valence electrons. The van der Waals surface area contributed by atoms with Crippen molar-refractivity contribution in [1.82, 2.24) is 29.6 Å². The molecule has 0 radical (unpaired) electrons. The number of alkyl halides is 1. The third kappa shape index (κ3) is 3.82. The van der Waals surface area contributed by atoms with Gasteiger partial charge < -0.3 is 19.9 Å². The van der Waals surface area contributed by atoms with E-state index in [4.69, 9.17) is 4.74 Å². The molecule has 0 unspecified atom stereocenters. The Kier molecular flexibility index (Phi) is 5.34. The molecule has 4 heterocycles. The van der Waals surface area contributed by atoms with Gasteiger partial charge in [-0.3, -0.25) is 9.48 Å². The molecule has 0 aromatic carbocycles. The zero-order valence-electron chi connectivity index (χ0n) is 16.3. The number of nitrogens with one attached hydrogen (secondary N) is 2. The number of carbonyl (C=O) groups excluding carboxylic acids is 1. The first kappa shape index (κ1) is 19.8. The van der Waals surface area contributed by atoms with Crippen molar-refractivity contribution in [2.75, 3.05) is 18.4 Å². The summed E-state index contributed by atoms with van der Waals surface area (Å²) in [6, 6.07) is 0. The second kappa shape index (κ2) is 8.09. The molecule has 0 bridgehead atoms. The van der Waals surface area contributed by atoms with Crippen molar-refractivity contribution in [3.8, 4) is 5.88 Å². The number of piperidine rings is 1. The van der Waals surface area contributed by atoms with E-state index in [1.54, 1.807) is 17.1 Å². The van der Waals surface area contributed by atoms with E-state index in [1.807, 2.05) is 6.92 Å². The summed E-state index contributed by atoms with van der Waals surface area (Å²) in [5, 5.41) is 7.16. The van der Waals surface area contributed by atoms with Gasteiger partial charge in [-0.2, -0.15) is 15.1 Å². The number of fused-ring (bicyclic) bond motifs is 1. The van der Waals surface area contributed by atoms with Crippen molar-refractivity contribution in [1.29, 1.82) is 0 Å². The number of halogens is 2. The van der Waals surface area contributed by atoms with Gasteiger partial charge in [-0.15, -0.1) is 0 Å². The monoisotopic (exact) mass is 417 g/mol. The molecule has 1 fully saturated rings. The lowest BCUT2D eigenvalue weighted by molar-refractivity contribution is -0.130. The minimum absolute atomic E-state index is 0.00951. The lowest BCUT2D eigenvalue weighted by Crippen LogP contribution is -2.49. The molecule has 0 spiro atoms. The number of ether oxygens (including phenoxy) is 1. The Morgan fingerprint density at radius 3 is 3.07 bits per heavy atom. The summed E-state index contributed by atoms with van der Waals surface area (Å²) in [6.07, 6.45) is 3.45. The molecule has 3 aromatic rings. The van der Waals surface area contributed by atoms with Crippen molar-refractivity contribution < 1.29 is 18.3 Å². The topological polar surface area (TPSA) is 101 Å². The Morgan fingerprint density at radius 2 is 2.33 bits per heavy atom. The van der Waals surface area contributed by atoms with Crippen LogP contribution in [0.5, 0.6) is 5.88 Å². The van der Waals surface area contributed by atoms with Crippen LogP contribution in [0.15, 0.2) is 31.2 Å². The molecular formula is C19H21F2N7O2. The lowest BCUT2D eigenvalue weighted by atomic mass is 10.1. The van der Waals surface area contributed by atoms with Crippen LogP contribution in [0.25, 0.3) is 11.0 Å². The SMILES string of the molecule is C=CC(=O)N1CC[C@@H](F)[C@@H](Oc2nc(Nc3cnn(CC)c3)nc3[nH]cc(F)c23)C1. The van der Waals surface area contributed by atoms with Gasteiger partial charge in [-0.05, 0) is 19.4 Å². The van der Waals surface area contributed by atoms with Gasteiger partial charge >= 0.3 is 0 Å². The molecule has 9 nitrogen and oxygen atoms in total. The molecule has 2 atom stereocenters. The third-order valence-corrected chi connectivity index (χ3v) is 4.89. The molecule has 1 aliphatic heterocycles. The summed E-state index contributed by atoms with van der Waals surface area (Å²) >= 11 is 0. The van der Waals surface area contributed by atoms with Crippen LogP contribution in [0.4, 0.5) is 20.4 Å².